The molecule has 0 saturated heterocycles. The second kappa shape index (κ2) is 6.89. The van der Waals surface area contributed by atoms with Crippen molar-refractivity contribution in [2.45, 2.75) is 44.6 Å². The summed E-state index contributed by atoms with van der Waals surface area (Å²) in [5.74, 6) is -0.0768. The van der Waals surface area contributed by atoms with Crippen LogP contribution in [-0.4, -0.2) is 28.0 Å². The van der Waals surface area contributed by atoms with Crippen LogP contribution in [0.1, 0.15) is 38.2 Å². The zero-order valence-electron chi connectivity index (χ0n) is 13.9. The van der Waals surface area contributed by atoms with Crippen LogP contribution >= 0.6 is 11.6 Å². The van der Waals surface area contributed by atoms with Gasteiger partial charge in [-0.3, -0.25) is 4.79 Å². The molecule has 1 aliphatic heterocycles. The molecule has 3 rings (SSSR count). The van der Waals surface area contributed by atoms with Crippen molar-refractivity contribution in [2.24, 2.45) is 0 Å². The van der Waals surface area contributed by atoms with Crippen LogP contribution in [0.3, 0.4) is 0 Å². The Bertz CT molecular complexity index is 691. The van der Waals surface area contributed by atoms with Gasteiger partial charge in [-0.2, -0.15) is 0 Å². The van der Waals surface area contributed by atoms with E-state index in [-0.39, 0.29) is 23.6 Å². The minimum atomic E-state index is -0.163. The molecule has 0 radical (unpaired) electrons. The molecule has 0 bridgehead atoms. The number of carbonyl (C=O) groups is 1. The van der Waals surface area contributed by atoms with Crippen molar-refractivity contribution in [2.75, 3.05) is 6.54 Å². The number of rotatable bonds is 4. The van der Waals surface area contributed by atoms with E-state index in [2.05, 4.69) is 23.3 Å². The summed E-state index contributed by atoms with van der Waals surface area (Å²) in [5.41, 5.74) is 1.58. The van der Waals surface area contributed by atoms with Crippen LogP contribution in [0.2, 0.25) is 5.02 Å². The molecule has 0 spiro atoms. The molecule has 0 atom stereocenters. The molecule has 24 heavy (non-hydrogen) atoms. The molecule has 4 nitrogen and oxygen atoms in total. The van der Waals surface area contributed by atoms with Crippen molar-refractivity contribution in [1.82, 2.24) is 10.2 Å². The molecule has 1 aliphatic carbocycles. The molecule has 2 aliphatic rings. The number of nitrogens with zero attached hydrogens (tertiary/aromatic N) is 1. The van der Waals surface area contributed by atoms with Crippen LogP contribution in [0, 0.1) is 0 Å². The van der Waals surface area contributed by atoms with E-state index in [0.717, 1.165) is 12.2 Å². The van der Waals surface area contributed by atoms with Crippen molar-refractivity contribution in [1.29, 1.82) is 0 Å². The van der Waals surface area contributed by atoms with E-state index in [1.807, 2.05) is 12.2 Å². The standard InChI is InChI=1S/C19H23ClN2O2/c1-19(8-2-3-9-19)22-10-6-16(7-11-22)21-18(24)13-14-12-15(20)4-5-17(14)23/h4-7,10,12,23H,2-3,8-9,11,13H2,1H3,(H,21,24). The van der Waals surface area contributed by atoms with Gasteiger partial charge in [0.1, 0.15) is 5.75 Å². The van der Waals surface area contributed by atoms with Gasteiger partial charge in [0.2, 0.25) is 5.91 Å². The molecular weight excluding hydrogens is 324 g/mol. The summed E-state index contributed by atoms with van der Waals surface area (Å²) in [6, 6.07) is 4.72. The van der Waals surface area contributed by atoms with E-state index in [4.69, 9.17) is 11.6 Å². The van der Waals surface area contributed by atoms with Crippen LogP contribution < -0.4 is 5.32 Å². The van der Waals surface area contributed by atoms with Crippen molar-refractivity contribution in [3.8, 4) is 5.75 Å². The zero-order valence-corrected chi connectivity index (χ0v) is 14.6. The molecule has 1 saturated carbocycles. The summed E-state index contributed by atoms with van der Waals surface area (Å²) in [6.45, 7) is 3.12. The highest BCUT2D eigenvalue weighted by Gasteiger charge is 2.33. The number of benzene rings is 1. The normalized spacial score (nSPS) is 19.2. The van der Waals surface area contributed by atoms with Crippen LogP contribution in [0.15, 0.2) is 42.2 Å². The number of phenols is 1. The number of aromatic hydroxyl groups is 1. The summed E-state index contributed by atoms with van der Waals surface area (Å²) in [7, 11) is 0. The zero-order chi connectivity index (χ0) is 17.2. The van der Waals surface area contributed by atoms with E-state index in [1.165, 1.54) is 31.7 Å². The quantitative estimate of drug-likeness (QED) is 0.873. The summed E-state index contributed by atoms with van der Waals surface area (Å²) in [5, 5.41) is 13.2. The van der Waals surface area contributed by atoms with E-state index >= 15 is 0 Å². The fourth-order valence-electron chi connectivity index (χ4n) is 3.49. The van der Waals surface area contributed by atoms with E-state index in [0.29, 0.717) is 10.6 Å². The number of allylic oxidation sites excluding steroid dienone is 1. The minimum absolute atomic E-state index is 0.0862. The lowest BCUT2D eigenvalue weighted by atomic mass is 9.97. The third-order valence-corrected chi connectivity index (χ3v) is 5.23. The fourth-order valence-corrected chi connectivity index (χ4v) is 3.68. The first-order valence-electron chi connectivity index (χ1n) is 8.39. The molecule has 1 heterocycles. The van der Waals surface area contributed by atoms with Crippen molar-refractivity contribution >= 4 is 17.5 Å². The number of nitrogens with one attached hydrogen (secondary N) is 1. The van der Waals surface area contributed by atoms with Gasteiger partial charge in [-0.05, 0) is 50.1 Å². The topological polar surface area (TPSA) is 52.6 Å². The van der Waals surface area contributed by atoms with Crippen LogP contribution in [0.4, 0.5) is 0 Å². The predicted molar refractivity (Wildman–Crippen MR) is 95.8 cm³/mol. The van der Waals surface area contributed by atoms with Crippen LogP contribution in [0.25, 0.3) is 0 Å². The molecule has 1 aromatic carbocycles. The number of halogens is 1. The summed E-state index contributed by atoms with van der Waals surface area (Å²) in [4.78, 5) is 14.6. The number of hydrogen-bond acceptors (Lipinski definition) is 3. The minimum Gasteiger partial charge on any atom is -0.508 e. The highest BCUT2D eigenvalue weighted by Crippen LogP contribution is 2.35. The first-order chi connectivity index (χ1) is 11.5. The SMILES string of the molecule is CC1(N2C=CC(NC(=O)Cc3cc(Cl)ccc3O)=CC2)CCCC1. The number of hydrogen-bond donors (Lipinski definition) is 2. The Balaban J connectivity index is 1.57. The highest BCUT2D eigenvalue weighted by molar-refractivity contribution is 6.30. The lowest BCUT2D eigenvalue weighted by Gasteiger charge is -2.38. The average molecular weight is 347 g/mol. The maximum absolute atomic E-state index is 12.2. The maximum atomic E-state index is 12.2. The third-order valence-electron chi connectivity index (χ3n) is 4.99. The summed E-state index contributed by atoms with van der Waals surface area (Å²) < 4.78 is 0. The molecule has 1 aromatic rings. The van der Waals surface area contributed by atoms with Crippen molar-refractivity contribution in [3.63, 3.8) is 0 Å². The van der Waals surface area contributed by atoms with Gasteiger partial charge in [-0.15, -0.1) is 0 Å². The van der Waals surface area contributed by atoms with Gasteiger partial charge in [0.15, 0.2) is 0 Å². The Morgan fingerprint density at radius 1 is 1.38 bits per heavy atom. The van der Waals surface area contributed by atoms with Gasteiger partial charge in [0.05, 0.1) is 6.42 Å². The first-order valence-corrected chi connectivity index (χ1v) is 8.76. The Kier molecular flexibility index (Phi) is 4.86. The van der Waals surface area contributed by atoms with E-state index in [9.17, 15) is 9.90 Å². The van der Waals surface area contributed by atoms with Gasteiger partial charge in [0, 0.05) is 34.6 Å². The molecule has 2 N–H and O–H groups in total. The second-order valence-corrected chi connectivity index (χ2v) is 7.27. The largest absolute Gasteiger partial charge is 0.508 e. The number of amides is 1. The number of carbonyl (C=O) groups excluding carboxylic acids is 1. The van der Waals surface area contributed by atoms with Crippen LogP contribution in [-0.2, 0) is 11.2 Å². The fraction of sp³-hybridized carbons (Fsp3) is 0.421. The Morgan fingerprint density at radius 2 is 2.12 bits per heavy atom. The van der Waals surface area contributed by atoms with Gasteiger partial charge < -0.3 is 15.3 Å². The molecule has 0 aromatic heterocycles. The Labute approximate surface area is 147 Å². The summed E-state index contributed by atoms with van der Waals surface area (Å²) >= 11 is 5.91. The monoisotopic (exact) mass is 346 g/mol. The van der Waals surface area contributed by atoms with Gasteiger partial charge in [-0.25, -0.2) is 0 Å². The lowest BCUT2D eigenvalue weighted by molar-refractivity contribution is -0.119. The van der Waals surface area contributed by atoms with Crippen molar-refractivity contribution < 1.29 is 9.90 Å². The molecule has 1 fully saturated rings. The molecule has 128 valence electrons. The van der Waals surface area contributed by atoms with E-state index < -0.39 is 0 Å². The van der Waals surface area contributed by atoms with E-state index in [1.54, 1.807) is 12.1 Å². The van der Waals surface area contributed by atoms with Crippen molar-refractivity contribution in [3.05, 3.63) is 52.8 Å². The Hall–Kier alpha value is -1.94. The smallest absolute Gasteiger partial charge is 0.228 e. The van der Waals surface area contributed by atoms with Gasteiger partial charge in [-0.1, -0.05) is 24.4 Å². The molecule has 0 unspecified atom stereocenters. The average Bonchev–Trinajstić information content (AvgIpc) is 2.99. The first kappa shape index (κ1) is 16.9. The third kappa shape index (κ3) is 3.75. The second-order valence-electron chi connectivity index (χ2n) is 6.83. The van der Waals surface area contributed by atoms with Crippen LogP contribution in [0.5, 0.6) is 5.75 Å². The molecule has 1 amide bonds. The molecular formula is C19H23ClN2O2. The maximum Gasteiger partial charge on any atom is 0.228 e. The highest BCUT2D eigenvalue weighted by atomic mass is 35.5. The van der Waals surface area contributed by atoms with Gasteiger partial charge in [0.25, 0.3) is 0 Å². The predicted octanol–water partition coefficient (Wildman–Crippen LogP) is 3.75. The lowest BCUT2D eigenvalue weighted by Crippen LogP contribution is -2.42. The van der Waals surface area contributed by atoms with Gasteiger partial charge >= 0.3 is 0 Å². The summed E-state index contributed by atoms with van der Waals surface area (Å²) in [6.07, 6.45) is 11.2. The molecule has 5 heteroatoms. The number of phenolic OH excluding ortho intramolecular Hbond substituents is 1. The Morgan fingerprint density at radius 3 is 2.79 bits per heavy atom.